The molecular weight excluding hydrogens is 232 g/mol. The van der Waals surface area contributed by atoms with E-state index >= 15 is 0 Å². The minimum absolute atomic E-state index is 0.0889. The van der Waals surface area contributed by atoms with Gasteiger partial charge in [-0.05, 0) is 19.9 Å². The number of halogens is 1. The molecule has 1 heterocycles. The van der Waals surface area contributed by atoms with Crippen LogP contribution in [0.25, 0.3) is 0 Å². The highest BCUT2D eigenvalue weighted by Gasteiger charge is 2.25. The summed E-state index contributed by atoms with van der Waals surface area (Å²) in [4.78, 5) is 3.78. The highest BCUT2D eigenvalue weighted by molar-refractivity contribution is 7.53. The predicted molar refractivity (Wildman–Crippen MR) is 58.8 cm³/mol. The van der Waals surface area contributed by atoms with Crippen LogP contribution < -0.4 is 0 Å². The van der Waals surface area contributed by atoms with Gasteiger partial charge in [0, 0.05) is 18.0 Å². The van der Waals surface area contributed by atoms with E-state index in [0.717, 1.165) is 0 Å². The molecule has 0 aliphatic heterocycles. The molecule has 1 aromatic rings. The largest absolute Gasteiger partial charge is 0.335 e. The summed E-state index contributed by atoms with van der Waals surface area (Å²) >= 11 is 0. The number of pyridine rings is 1. The van der Waals surface area contributed by atoms with Crippen LogP contribution in [0.15, 0.2) is 18.5 Å². The molecule has 6 heteroatoms. The second-order valence-electron chi connectivity index (χ2n) is 3.07. The first kappa shape index (κ1) is 13.3. The third kappa shape index (κ3) is 3.67. The Morgan fingerprint density at radius 1 is 1.38 bits per heavy atom. The van der Waals surface area contributed by atoms with E-state index in [2.05, 4.69) is 4.98 Å². The molecule has 0 saturated carbocycles. The number of aromatic nitrogens is 1. The van der Waals surface area contributed by atoms with Gasteiger partial charge in [-0.25, -0.2) is 4.39 Å². The van der Waals surface area contributed by atoms with Crippen LogP contribution in [-0.4, -0.2) is 18.2 Å². The number of rotatable bonds is 6. The van der Waals surface area contributed by atoms with Crippen molar-refractivity contribution in [2.24, 2.45) is 0 Å². The lowest BCUT2D eigenvalue weighted by Crippen LogP contribution is -2.01. The van der Waals surface area contributed by atoms with E-state index in [1.807, 2.05) is 0 Å². The topological polar surface area (TPSA) is 48.4 Å². The molecule has 0 aliphatic carbocycles. The Kier molecular flexibility index (Phi) is 5.06. The zero-order valence-corrected chi connectivity index (χ0v) is 10.2. The summed E-state index contributed by atoms with van der Waals surface area (Å²) in [6.07, 6.45) is 2.58. The molecule has 90 valence electrons. The number of hydrogen-bond donors (Lipinski definition) is 0. The lowest BCUT2D eigenvalue weighted by molar-refractivity contribution is 0.219. The maximum atomic E-state index is 13.3. The van der Waals surface area contributed by atoms with Crippen molar-refractivity contribution >= 4 is 7.60 Å². The average Bonchev–Trinajstić information content (AvgIpc) is 2.22. The lowest BCUT2D eigenvalue weighted by Gasteiger charge is -2.16. The molecule has 16 heavy (non-hydrogen) atoms. The first-order valence-corrected chi connectivity index (χ1v) is 6.80. The Labute approximate surface area is 94.3 Å². The van der Waals surface area contributed by atoms with Crippen molar-refractivity contribution in [1.29, 1.82) is 0 Å². The quantitative estimate of drug-likeness (QED) is 0.725. The van der Waals surface area contributed by atoms with Crippen LogP contribution in [0, 0.1) is 5.82 Å². The zero-order chi connectivity index (χ0) is 12.0. The van der Waals surface area contributed by atoms with Crippen molar-refractivity contribution < 1.29 is 18.0 Å². The van der Waals surface area contributed by atoms with Crippen LogP contribution in [0.5, 0.6) is 0 Å². The maximum absolute atomic E-state index is 13.3. The monoisotopic (exact) mass is 247 g/mol. The fraction of sp³-hybridized carbons (Fsp3) is 0.500. The Bertz CT molecular complexity index is 376. The lowest BCUT2D eigenvalue weighted by atomic mass is 10.3. The SMILES string of the molecule is CCOP(=O)(Cc1cnccc1F)OCC. The molecule has 0 saturated heterocycles. The third-order valence-corrected chi connectivity index (χ3v) is 3.89. The molecule has 0 N–H and O–H groups in total. The Hall–Kier alpha value is -0.770. The summed E-state index contributed by atoms with van der Waals surface area (Å²) in [5.74, 6) is -0.449. The smallest absolute Gasteiger partial charge is 0.309 e. The van der Waals surface area contributed by atoms with Gasteiger partial charge in [-0.2, -0.15) is 0 Å². The summed E-state index contributed by atoms with van der Waals surface area (Å²) in [6.45, 7) is 3.95. The van der Waals surface area contributed by atoms with Crippen LogP contribution in [0.1, 0.15) is 19.4 Å². The van der Waals surface area contributed by atoms with E-state index in [4.69, 9.17) is 9.05 Å². The Morgan fingerprint density at radius 3 is 2.50 bits per heavy atom. The summed E-state index contributed by atoms with van der Waals surface area (Å²) < 4.78 is 35.6. The molecule has 0 spiro atoms. The molecule has 0 fully saturated rings. The van der Waals surface area contributed by atoms with Crippen molar-refractivity contribution in [1.82, 2.24) is 4.98 Å². The maximum Gasteiger partial charge on any atom is 0.335 e. The first-order chi connectivity index (χ1) is 7.61. The van der Waals surface area contributed by atoms with E-state index in [1.54, 1.807) is 13.8 Å². The standard InChI is InChI=1S/C10H15FNO3P/c1-3-14-16(13,15-4-2)8-9-7-12-6-5-10(9)11/h5-7H,3-4,8H2,1-2H3. The molecule has 0 bridgehead atoms. The van der Waals surface area contributed by atoms with Crippen molar-refractivity contribution in [2.75, 3.05) is 13.2 Å². The van der Waals surface area contributed by atoms with Crippen LogP contribution in [0.3, 0.4) is 0 Å². The fourth-order valence-corrected chi connectivity index (χ4v) is 2.95. The Morgan fingerprint density at radius 2 is 2.00 bits per heavy atom. The van der Waals surface area contributed by atoms with Gasteiger partial charge in [-0.1, -0.05) is 0 Å². The van der Waals surface area contributed by atoms with Gasteiger partial charge < -0.3 is 9.05 Å². The van der Waals surface area contributed by atoms with Gasteiger partial charge in [-0.3, -0.25) is 9.55 Å². The zero-order valence-electron chi connectivity index (χ0n) is 9.35. The van der Waals surface area contributed by atoms with E-state index in [1.165, 1.54) is 18.5 Å². The highest BCUT2D eigenvalue weighted by Crippen LogP contribution is 2.51. The van der Waals surface area contributed by atoms with Crippen LogP contribution in [0.2, 0.25) is 0 Å². The van der Waals surface area contributed by atoms with Crippen molar-refractivity contribution in [2.45, 2.75) is 20.0 Å². The number of nitrogens with zero attached hydrogens (tertiary/aromatic N) is 1. The number of hydrogen-bond acceptors (Lipinski definition) is 4. The highest BCUT2D eigenvalue weighted by atomic mass is 31.2. The van der Waals surface area contributed by atoms with Gasteiger partial charge in [0.2, 0.25) is 0 Å². The molecule has 0 unspecified atom stereocenters. The van der Waals surface area contributed by atoms with Gasteiger partial charge in [0.25, 0.3) is 0 Å². The molecule has 1 aromatic heterocycles. The van der Waals surface area contributed by atoms with Gasteiger partial charge in [0.15, 0.2) is 0 Å². The van der Waals surface area contributed by atoms with Crippen LogP contribution in [-0.2, 0) is 19.8 Å². The summed E-state index contributed by atoms with van der Waals surface area (Å²) in [6, 6.07) is 1.22. The average molecular weight is 247 g/mol. The van der Waals surface area contributed by atoms with E-state index in [0.29, 0.717) is 0 Å². The molecule has 1 rings (SSSR count). The van der Waals surface area contributed by atoms with E-state index in [-0.39, 0.29) is 24.9 Å². The molecular formula is C10H15FNO3P. The molecule has 0 aliphatic rings. The van der Waals surface area contributed by atoms with Gasteiger partial charge in [-0.15, -0.1) is 0 Å². The molecule has 0 amide bonds. The van der Waals surface area contributed by atoms with E-state index < -0.39 is 13.4 Å². The van der Waals surface area contributed by atoms with Gasteiger partial charge >= 0.3 is 7.60 Å². The second kappa shape index (κ2) is 6.09. The molecule has 4 nitrogen and oxygen atoms in total. The van der Waals surface area contributed by atoms with Crippen molar-refractivity contribution in [3.05, 3.63) is 29.8 Å². The first-order valence-electron chi connectivity index (χ1n) is 5.08. The van der Waals surface area contributed by atoms with E-state index in [9.17, 15) is 8.96 Å². The normalized spacial score (nSPS) is 11.7. The Balaban J connectivity index is 2.83. The summed E-state index contributed by atoms with van der Waals surface area (Å²) in [5, 5.41) is 0. The molecule has 0 atom stereocenters. The van der Waals surface area contributed by atoms with Crippen molar-refractivity contribution in [3.8, 4) is 0 Å². The van der Waals surface area contributed by atoms with Crippen molar-refractivity contribution in [3.63, 3.8) is 0 Å². The molecule has 0 radical (unpaired) electrons. The predicted octanol–water partition coefficient (Wildman–Crippen LogP) is 2.99. The summed E-state index contributed by atoms with van der Waals surface area (Å²) in [5.41, 5.74) is 0.243. The minimum atomic E-state index is -3.25. The van der Waals surface area contributed by atoms with Crippen LogP contribution in [0.4, 0.5) is 4.39 Å². The molecule has 0 aromatic carbocycles. The summed E-state index contributed by atoms with van der Waals surface area (Å²) in [7, 11) is -3.25. The fourth-order valence-electron chi connectivity index (χ4n) is 1.26. The minimum Gasteiger partial charge on any atom is -0.309 e. The van der Waals surface area contributed by atoms with Gasteiger partial charge in [0.05, 0.1) is 19.4 Å². The second-order valence-corrected chi connectivity index (χ2v) is 5.13. The van der Waals surface area contributed by atoms with Gasteiger partial charge in [0.1, 0.15) is 5.82 Å². The third-order valence-electron chi connectivity index (χ3n) is 1.86. The van der Waals surface area contributed by atoms with Crippen LogP contribution >= 0.6 is 7.60 Å².